The van der Waals surface area contributed by atoms with Crippen molar-refractivity contribution < 1.29 is 5.11 Å². The maximum absolute atomic E-state index is 10.2. The normalized spacial score (nSPS) is 19.9. The van der Waals surface area contributed by atoms with Crippen LogP contribution in [0.5, 0.6) is 5.75 Å². The lowest BCUT2D eigenvalue weighted by Crippen LogP contribution is -2.47. The van der Waals surface area contributed by atoms with E-state index in [0.29, 0.717) is 5.75 Å². The summed E-state index contributed by atoms with van der Waals surface area (Å²) in [4.78, 5) is 17.0. The number of piperazine rings is 1. The summed E-state index contributed by atoms with van der Waals surface area (Å²) in [5.74, 6) is 3.10. The minimum atomic E-state index is 0.359. The van der Waals surface area contributed by atoms with Gasteiger partial charge in [0.2, 0.25) is 0 Å². The van der Waals surface area contributed by atoms with Crippen LogP contribution in [0.3, 0.4) is 0 Å². The van der Waals surface area contributed by atoms with Gasteiger partial charge in [-0.15, -0.1) is 11.3 Å². The molecule has 1 N–H and O–H groups in total. The van der Waals surface area contributed by atoms with Crippen LogP contribution in [-0.4, -0.2) is 41.3 Å². The van der Waals surface area contributed by atoms with Crippen LogP contribution in [0.25, 0.3) is 10.2 Å². The van der Waals surface area contributed by atoms with Crippen molar-refractivity contribution in [3.05, 3.63) is 40.5 Å². The molecular formula is C22H26N4OS. The van der Waals surface area contributed by atoms with Crippen molar-refractivity contribution in [1.82, 2.24) is 9.97 Å². The SMILES string of the molecule is Cc1nc(N2CCN(c3ccccc3O)CC2)c2c3c(sc2n1)C[C@@H](C)CC3. The van der Waals surface area contributed by atoms with E-state index in [1.807, 2.05) is 36.5 Å². The number of aromatic nitrogens is 2. The van der Waals surface area contributed by atoms with E-state index in [0.717, 1.165) is 60.7 Å². The molecule has 2 aromatic heterocycles. The molecule has 28 heavy (non-hydrogen) atoms. The highest BCUT2D eigenvalue weighted by molar-refractivity contribution is 7.19. The average molecular weight is 395 g/mol. The van der Waals surface area contributed by atoms with Gasteiger partial charge in [-0.1, -0.05) is 19.1 Å². The number of hydrogen-bond donors (Lipinski definition) is 1. The standard InChI is InChI=1S/C22H26N4OS/c1-14-7-8-16-19(13-14)28-22-20(16)21(23-15(2)24-22)26-11-9-25(10-12-26)17-5-3-4-6-18(17)27/h3-6,14,27H,7-13H2,1-2H3/t14-/m0/s1. The Bertz CT molecular complexity index is 1020. The third-order valence-corrected chi connectivity index (χ3v) is 7.20. The second-order valence-electron chi connectivity index (χ2n) is 8.09. The molecule has 0 unspecified atom stereocenters. The van der Waals surface area contributed by atoms with Crippen molar-refractivity contribution >= 4 is 33.1 Å². The minimum absolute atomic E-state index is 0.359. The fourth-order valence-corrected chi connectivity index (χ4v) is 5.97. The number of aromatic hydroxyl groups is 1. The van der Waals surface area contributed by atoms with Crippen molar-refractivity contribution in [2.24, 2.45) is 5.92 Å². The number of hydrogen-bond acceptors (Lipinski definition) is 6. The quantitative estimate of drug-likeness (QED) is 0.707. The van der Waals surface area contributed by atoms with Crippen molar-refractivity contribution in [2.75, 3.05) is 36.0 Å². The molecule has 0 saturated carbocycles. The lowest BCUT2D eigenvalue weighted by Gasteiger charge is -2.37. The lowest BCUT2D eigenvalue weighted by atomic mass is 9.89. The molecule has 146 valence electrons. The molecule has 0 spiro atoms. The van der Waals surface area contributed by atoms with Gasteiger partial charge in [0.1, 0.15) is 22.2 Å². The summed E-state index contributed by atoms with van der Waals surface area (Å²) >= 11 is 1.87. The van der Waals surface area contributed by atoms with Crippen LogP contribution in [0.2, 0.25) is 0 Å². The molecule has 5 nitrogen and oxygen atoms in total. The summed E-state index contributed by atoms with van der Waals surface area (Å²) in [5, 5.41) is 11.5. The molecule has 1 atom stereocenters. The third-order valence-electron chi connectivity index (χ3n) is 6.05. The Labute approximate surface area is 169 Å². The van der Waals surface area contributed by atoms with Crippen LogP contribution in [0, 0.1) is 12.8 Å². The van der Waals surface area contributed by atoms with Gasteiger partial charge in [0.05, 0.1) is 11.1 Å². The molecule has 1 aromatic carbocycles. The zero-order valence-electron chi connectivity index (χ0n) is 16.5. The summed E-state index contributed by atoms with van der Waals surface area (Å²) in [6, 6.07) is 7.61. The summed E-state index contributed by atoms with van der Waals surface area (Å²) in [5.41, 5.74) is 2.42. The van der Waals surface area contributed by atoms with Gasteiger partial charge in [-0.05, 0) is 49.8 Å². The molecule has 0 radical (unpaired) electrons. The Balaban J connectivity index is 1.46. The molecule has 3 heterocycles. The molecule has 1 saturated heterocycles. The Kier molecular flexibility index (Phi) is 4.38. The largest absolute Gasteiger partial charge is 0.506 e. The molecule has 1 fully saturated rings. The highest BCUT2D eigenvalue weighted by Crippen LogP contribution is 2.41. The van der Waals surface area contributed by atoms with Crippen LogP contribution in [0.4, 0.5) is 11.5 Å². The summed E-state index contributed by atoms with van der Waals surface area (Å²) in [6.45, 7) is 7.92. The van der Waals surface area contributed by atoms with E-state index >= 15 is 0 Å². The number of rotatable bonds is 2. The fraction of sp³-hybridized carbons (Fsp3) is 0.455. The van der Waals surface area contributed by atoms with Gasteiger partial charge >= 0.3 is 0 Å². The highest BCUT2D eigenvalue weighted by Gasteiger charge is 2.27. The second kappa shape index (κ2) is 6.92. The van der Waals surface area contributed by atoms with Gasteiger partial charge in [-0.2, -0.15) is 0 Å². The molecular weight excluding hydrogens is 368 g/mol. The van der Waals surface area contributed by atoms with Gasteiger partial charge in [0, 0.05) is 31.1 Å². The van der Waals surface area contributed by atoms with Gasteiger partial charge in [-0.25, -0.2) is 9.97 Å². The van der Waals surface area contributed by atoms with E-state index in [2.05, 4.69) is 16.7 Å². The molecule has 1 aliphatic heterocycles. The first-order chi connectivity index (χ1) is 13.6. The number of thiophene rings is 1. The molecule has 0 bridgehead atoms. The van der Waals surface area contributed by atoms with Crippen molar-refractivity contribution in [3.63, 3.8) is 0 Å². The van der Waals surface area contributed by atoms with Crippen molar-refractivity contribution in [1.29, 1.82) is 0 Å². The minimum Gasteiger partial charge on any atom is -0.506 e. The van der Waals surface area contributed by atoms with E-state index in [1.54, 1.807) is 6.07 Å². The van der Waals surface area contributed by atoms with Gasteiger partial charge in [-0.3, -0.25) is 0 Å². The van der Waals surface area contributed by atoms with Crippen molar-refractivity contribution in [3.8, 4) is 5.75 Å². The zero-order chi connectivity index (χ0) is 19.3. The first-order valence-electron chi connectivity index (χ1n) is 10.2. The molecule has 1 aliphatic carbocycles. The van der Waals surface area contributed by atoms with E-state index < -0.39 is 0 Å². The van der Waals surface area contributed by atoms with Crippen LogP contribution in [-0.2, 0) is 12.8 Å². The second-order valence-corrected chi connectivity index (χ2v) is 9.17. The molecule has 6 heteroatoms. The Morgan fingerprint density at radius 3 is 2.61 bits per heavy atom. The highest BCUT2D eigenvalue weighted by atomic mass is 32.1. The first-order valence-corrected chi connectivity index (χ1v) is 11.0. The van der Waals surface area contributed by atoms with Crippen LogP contribution in [0.1, 0.15) is 29.6 Å². The van der Waals surface area contributed by atoms with Crippen LogP contribution < -0.4 is 9.80 Å². The van der Waals surface area contributed by atoms with E-state index in [9.17, 15) is 5.11 Å². The maximum Gasteiger partial charge on any atom is 0.141 e. The molecule has 5 rings (SSSR count). The molecule has 2 aliphatic rings. The summed E-state index contributed by atoms with van der Waals surface area (Å²) in [7, 11) is 0. The predicted octanol–water partition coefficient (Wildman–Crippen LogP) is 4.16. The topological polar surface area (TPSA) is 52.5 Å². The Morgan fingerprint density at radius 2 is 1.82 bits per heavy atom. The fourth-order valence-electron chi connectivity index (χ4n) is 4.55. The number of phenols is 1. The number of anilines is 2. The number of phenolic OH excluding ortho intramolecular Hbond substituents is 1. The number of fused-ring (bicyclic) bond motifs is 3. The van der Waals surface area contributed by atoms with E-state index in [-0.39, 0.29) is 0 Å². The number of aryl methyl sites for hydroxylation is 2. The van der Waals surface area contributed by atoms with Gasteiger partial charge in [0.15, 0.2) is 0 Å². The van der Waals surface area contributed by atoms with Crippen LogP contribution in [0.15, 0.2) is 24.3 Å². The van der Waals surface area contributed by atoms with Crippen molar-refractivity contribution in [2.45, 2.75) is 33.1 Å². The number of nitrogens with zero attached hydrogens (tertiary/aromatic N) is 4. The van der Waals surface area contributed by atoms with Crippen LogP contribution >= 0.6 is 11.3 Å². The van der Waals surface area contributed by atoms with Gasteiger partial charge in [0.25, 0.3) is 0 Å². The van der Waals surface area contributed by atoms with Gasteiger partial charge < -0.3 is 14.9 Å². The Hall–Kier alpha value is -2.34. The summed E-state index contributed by atoms with van der Waals surface area (Å²) < 4.78 is 0. The zero-order valence-corrected chi connectivity index (χ0v) is 17.3. The number of benzene rings is 1. The van der Waals surface area contributed by atoms with E-state index in [4.69, 9.17) is 9.97 Å². The molecule has 0 amide bonds. The smallest absolute Gasteiger partial charge is 0.141 e. The van der Waals surface area contributed by atoms with E-state index in [1.165, 1.54) is 28.7 Å². The third kappa shape index (κ3) is 3.00. The Morgan fingerprint density at radius 1 is 1.07 bits per heavy atom. The monoisotopic (exact) mass is 394 g/mol. The first kappa shape index (κ1) is 17.7. The average Bonchev–Trinajstić information content (AvgIpc) is 3.05. The lowest BCUT2D eigenvalue weighted by molar-refractivity contribution is 0.472. The molecule has 3 aromatic rings. The number of para-hydroxylation sites is 2. The predicted molar refractivity (Wildman–Crippen MR) is 116 cm³/mol. The maximum atomic E-state index is 10.2. The summed E-state index contributed by atoms with van der Waals surface area (Å²) in [6.07, 6.45) is 3.58.